The highest BCUT2D eigenvalue weighted by Crippen LogP contribution is 2.34. The first kappa shape index (κ1) is 24.7. The number of fused-ring (bicyclic) bond motifs is 1. The summed E-state index contributed by atoms with van der Waals surface area (Å²) in [6.45, 7) is 10.5. The number of nitrogens with zero attached hydrogens (tertiary/aromatic N) is 3. The van der Waals surface area contributed by atoms with E-state index < -0.39 is 0 Å². The number of hydrogen-bond donors (Lipinski definition) is 0. The standard InChI is InChI=1S/C24H27BrIN3O3/c1-6-15(5)23-28-20-9-8-17(25)12-18(20)24(30)29(23)27-13-16-10-19(26)22(32-14(3)4)21(11-16)31-7-2/h8-15H,6-7H2,1-5H3/t15-/m0/s1. The number of rotatable bonds is 8. The molecule has 0 amide bonds. The lowest BCUT2D eigenvalue weighted by Crippen LogP contribution is -2.23. The highest BCUT2D eigenvalue weighted by molar-refractivity contribution is 14.1. The van der Waals surface area contributed by atoms with Crippen LogP contribution >= 0.6 is 38.5 Å². The zero-order valence-corrected chi connectivity index (χ0v) is 22.6. The van der Waals surface area contributed by atoms with E-state index in [9.17, 15) is 4.79 Å². The van der Waals surface area contributed by atoms with Crippen LogP contribution in [0.5, 0.6) is 11.5 Å². The topological polar surface area (TPSA) is 65.7 Å². The molecule has 0 saturated carbocycles. The molecule has 3 rings (SSSR count). The lowest BCUT2D eigenvalue weighted by molar-refractivity contribution is 0.222. The zero-order chi connectivity index (χ0) is 23.4. The monoisotopic (exact) mass is 611 g/mol. The van der Waals surface area contributed by atoms with Crippen molar-refractivity contribution < 1.29 is 9.47 Å². The van der Waals surface area contributed by atoms with Crippen molar-refractivity contribution in [3.05, 3.63) is 60.1 Å². The van der Waals surface area contributed by atoms with Crippen molar-refractivity contribution >= 4 is 55.6 Å². The third-order valence-electron chi connectivity index (χ3n) is 4.89. The van der Waals surface area contributed by atoms with Crippen molar-refractivity contribution in [2.45, 2.75) is 53.1 Å². The van der Waals surface area contributed by atoms with Gasteiger partial charge in [-0.25, -0.2) is 4.98 Å². The molecule has 3 aromatic rings. The van der Waals surface area contributed by atoms with Gasteiger partial charge in [-0.05, 0) is 85.7 Å². The van der Waals surface area contributed by atoms with Crippen molar-refractivity contribution in [3.63, 3.8) is 0 Å². The Hall–Kier alpha value is -1.94. The first-order valence-electron chi connectivity index (χ1n) is 10.6. The van der Waals surface area contributed by atoms with Gasteiger partial charge in [-0.2, -0.15) is 9.78 Å². The summed E-state index contributed by atoms with van der Waals surface area (Å²) in [5.74, 6) is 2.09. The van der Waals surface area contributed by atoms with Crippen molar-refractivity contribution in [3.8, 4) is 11.5 Å². The molecule has 1 atom stereocenters. The number of aromatic nitrogens is 2. The van der Waals surface area contributed by atoms with Crippen LogP contribution < -0.4 is 15.0 Å². The molecule has 0 aliphatic heterocycles. The van der Waals surface area contributed by atoms with Gasteiger partial charge in [0.25, 0.3) is 5.56 Å². The normalized spacial score (nSPS) is 12.6. The van der Waals surface area contributed by atoms with Crippen LogP contribution in [0.4, 0.5) is 0 Å². The number of halogens is 2. The summed E-state index contributed by atoms with van der Waals surface area (Å²) >= 11 is 5.67. The molecule has 0 radical (unpaired) electrons. The van der Waals surface area contributed by atoms with Crippen molar-refractivity contribution in [1.82, 2.24) is 9.66 Å². The summed E-state index contributed by atoms with van der Waals surface area (Å²) in [4.78, 5) is 18.1. The molecule has 0 fully saturated rings. The van der Waals surface area contributed by atoms with E-state index in [-0.39, 0.29) is 17.6 Å². The van der Waals surface area contributed by atoms with Crippen LogP contribution in [-0.4, -0.2) is 28.6 Å². The molecule has 0 N–H and O–H groups in total. The Kier molecular flexibility index (Phi) is 8.32. The van der Waals surface area contributed by atoms with Crippen molar-refractivity contribution in [2.24, 2.45) is 5.10 Å². The maximum Gasteiger partial charge on any atom is 0.282 e. The van der Waals surface area contributed by atoms with E-state index in [0.717, 1.165) is 20.0 Å². The number of benzene rings is 2. The minimum atomic E-state index is -0.192. The first-order chi connectivity index (χ1) is 15.2. The molecule has 0 saturated heterocycles. The van der Waals surface area contributed by atoms with Gasteiger partial charge in [0.15, 0.2) is 11.5 Å². The van der Waals surface area contributed by atoms with Crippen LogP contribution in [-0.2, 0) is 0 Å². The van der Waals surface area contributed by atoms with Gasteiger partial charge in [-0.3, -0.25) is 4.79 Å². The number of hydrogen-bond acceptors (Lipinski definition) is 5. The highest BCUT2D eigenvalue weighted by atomic mass is 127. The molecule has 1 heterocycles. The van der Waals surface area contributed by atoms with Crippen LogP contribution in [0.25, 0.3) is 10.9 Å². The molecule has 0 bridgehead atoms. The van der Waals surface area contributed by atoms with E-state index >= 15 is 0 Å². The zero-order valence-electron chi connectivity index (χ0n) is 18.9. The van der Waals surface area contributed by atoms with Gasteiger partial charge in [0.1, 0.15) is 5.82 Å². The van der Waals surface area contributed by atoms with Crippen LogP contribution in [0.1, 0.15) is 58.3 Å². The van der Waals surface area contributed by atoms with Gasteiger partial charge in [-0.15, -0.1) is 0 Å². The summed E-state index contributed by atoms with van der Waals surface area (Å²) in [6.07, 6.45) is 2.54. The lowest BCUT2D eigenvalue weighted by Gasteiger charge is -2.17. The molecule has 8 heteroatoms. The largest absolute Gasteiger partial charge is 0.490 e. The quantitative estimate of drug-likeness (QED) is 0.220. The van der Waals surface area contributed by atoms with Gasteiger partial charge in [0, 0.05) is 10.4 Å². The van der Waals surface area contributed by atoms with Gasteiger partial charge in [-0.1, -0.05) is 29.8 Å². The van der Waals surface area contributed by atoms with Gasteiger partial charge < -0.3 is 9.47 Å². The van der Waals surface area contributed by atoms with Crippen LogP contribution in [0, 0.1) is 3.57 Å². The molecule has 0 unspecified atom stereocenters. The fourth-order valence-electron chi connectivity index (χ4n) is 3.18. The molecule has 6 nitrogen and oxygen atoms in total. The Morgan fingerprint density at radius 2 is 1.97 bits per heavy atom. The van der Waals surface area contributed by atoms with Crippen molar-refractivity contribution in [1.29, 1.82) is 0 Å². The minimum absolute atomic E-state index is 0.0295. The van der Waals surface area contributed by atoms with E-state index in [0.29, 0.717) is 34.8 Å². The second-order valence-corrected chi connectivity index (χ2v) is 9.81. The molecule has 0 aliphatic rings. The average Bonchev–Trinajstić information content (AvgIpc) is 2.75. The Morgan fingerprint density at radius 1 is 1.22 bits per heavy atom. The van der Waals surface area contributed by atoms with Crippen LogP contribution in [0.3, 0.4) is 0 Å². The van der Waals surface area contributed by atoms with E-state index in [4.69, 9.17) is 14.5 Å². The Bertz CT molecular complexity index is 1210. The Labute approximate surface area is 210 Å². The second kappa shape index (κ2) is 10.8. The van der Waals surface area contributed by atoms with Crippen LogP contribution in [0.2, 0.25) is 0 Å². The Balaban J connectivity index is 2.13. The predicted molar refractivity (Wildman–Crippen MR) is 141 cm³/mol. The molecule has 170 valence electrons. The summed E-state index contributed by atoms with van der Waals surface area (Å²) < 4.78 is 14.9. The first-order valence-corrected chi connectivity index (χ1v) is 12.5. The second-order valence-electron chi connectivity index (χ2n) is 7.73. The average molecular weight is 612 g/mol. The van der Waals surface area contributed by atoms with Crippen molar-refractivity contribution in [2.75, 3.05) is 6.61 Å². The third-order valence-corrected chi connectivity index (χ3v) is 6.19. The van der Waals surface area contributed by atoms with E-state index in [1.807, 2.05) is 52.0 Å². The third kappa shape index (κ3) is 5.51. The lowest BCUT2D eigenvalue weighted by atomic mass is 10.1. The van der Waals surface area contributed by atoms with E-state index in [1.165, 1.54) is 4.68 Å². The van der Waals surface area contributed by atoms with Crippen LogP contribution in [0.15, 0.2) is 44.7 Å². The smallest absolute Gasteiger partial charge is 0.282 e. The SMILES string of the molecule is CCOc1cc(C=Nn2c([C@@H](C)CC)nc3ccc(Br)cc3c2=O)cc(I)c1OC(C)C. The molecule has 1 aromatic heterocycles. The fraction of sp³-hybridized carbons (Fsp3) is 0.375. The number of ether oxygens (including phenoxy) is 2. The predicted octanol–water partition coefficient (Wildman–Crippen LogP) is 6.35. The van der Waals surface area contributed by atoms with Gasteiger partial charge in [0.05, 0.1) is 33.4 Å². The molecule has 32 heavy (non-hydrogen) atoms. The maximum atomic E-state index is 13.3. The molecule has 0 aliphatic carbocycles. The van der Waals surface area contributed by atoms with Gasteiger partial charge >= 0.3 is 0 Å². The molecular weight excluding hydrogens is 585 g/mol. The fourth-order valence-corrected chi connectivity index (χ4v) is 4.29. The molecule has 2 aromatic carbocycles. The summed E-state index contributed by atoms with van der Waals surface area (Å²) in [5, 5.41) is 5.08. The summed E-state index contributed by atoms with van der Waals surface area (Å²) in [5.41, 5.74) is 1.29. The van der Waals surface area contributed by atoms with Gasteiger partial charge in [0.2, 0.25) is 0 Å². The van der Waals surface area contributed by atoms with E-state index in [1.54, 1.807) is 12.3 Å². The summed E-state index contributed by atoms with van der Waals surface area (Å²) in [7, 11) is 0. The maximum absolute atomic E-state index is 13.3. The highest BCUT2D eigenvalue weighted by Gasteiger charge is 2.16. The minimum Gasteiger partial charge on any atom is -0.490 e. The summed E-state index contributed by atoms with van der Waals surface area (Å²) in [6, 6.07) is 9.37. The molecule has 0 spiro atoms. The Morgan fingerprint density at radius 3 is 2.62 bits per heavy atom. The molecular formula is C24H27BrIN3O3. The van der Waals surface area contributed by atoms with E-state index in [2.05, 4.69) is 50.5 Å².